The van der Waals surface area contributed by atoms with E-state index in [0.29, 0.717) is 11.3 Å². The van der Waals surface area contributed by atoms with Crippen LogP contribution in [-0.2, 0) is 0 Å². The Morgan fingerprint density at radius 3 is 2.67 bits per heavy atom. The molecule has 112 valence electrons. The molecule has 0 radical (unpaired) electrons. The number of hydrogen-bond acceptors (Lipinski definition) is 3. The van der Waals surface area contributed by atoms with Gasteiger partial charge in [-0.25, -0.2) is 8.78 Å². The molecule has 0 fully saturated rings. The van der Waals surface area contributed by atoms with Gasteiger partial charge < -0.3 is 15.2 Å². The van der Waals surface area contributed by atoms with Crippen LogP contribution in [0.5, 0.6) is 5.75 Å². The number of halogens is 2. The minimum Gasteiger partial charge on any atom is -0.496 e. The third kappa shape index (κ3) is 3.70. The lowest BCUT2D eigenvalue weighted by molar-refractivity contribution is 0.186. The maximum Gasteiger partial charge on any atom is 0.146 e. The van der Waals surface area contributed by atoms with E-state index in [4.69, 9.17) is 4.74 Å². The fourth-order valence-corrected chi connectivity index (χ4v) is 2.06. The van der Waals surface area contributed by atoms with Gasteiger partial charge in [0, 0.05) is 12.1 Å². The largest absolute Gasteiger partial charge is 0.496 e. The fraction of sp³-hybridized carbons (Fsp3) is 0.250. The molecule has 3 nitrogen and oxygen atoms in total. The SMILES string of the molecule is COc1ccc(C)cc1C(O)CNc1cc(F)ccc1F. The molecule has 0 heterocycles. The molecule has 0 amide bonds. The number of nitrogens with one attached hydrogen (secondary N) is 1. The van der Waals surface area contributed by atoms with Crippen molar-refractivity contribution in [3.63, 3.8) is 0 Å². The van der Waals surface area contributed by atoms with Gasteiger partial charge in [-0.3, -0.25) is 0 Å². The Morgan fingerprint density at radius 2 is 1.95 bits per heavy atom. The lowest BCUT2D eigenvalue weighted by atomic mass is 10.0. The first-order valence-corrected chi connectivity index (χ1v) is 6.53. The molecule has 5 heteroatoms. The molecule has 2 aromatic carbocycles. The van der Waals surface area contributed by atoms with Crippen molar-refractivity contribution in [3.05, 3.63) is 59.2 Å². The van der Waals surface area contributed by atoms with Crippen LogP contribution in [0.1, 0.15) is 17.2 Å². The number of rotatable bonds is 5. The molecular weight excluding hydrogens is 276 g/mol. The number of methoxy groups -OCH3 is 1. The van der Waals surface area contributed by atoms with Crippen molar-refractivity contribution in [2.45, 2.75) is 13.0 Å². The topological polar surface area (TPSA) is 41.5 Å². The Bertz CT molecular complexity index is 632. The van der Waals surface area contributed by atoms with E-state index in [-0.39, 0.29) is 12.2 Å². The Kier molecular flexibility index (Phi) is 4.75. The highest BCUT2D eigenvalue weighted by atomic mass is 19.1. The lowest BCUT2D eigenvalue weighted by Crippen LogP contribution is -2.14. The zero-order chi connectivity index (χ0) is 15.4. The monoisotopic (exact) mass is 293 g/mol. The molecule has 21 heavy (non-hydrogen) atoms. The summed E-state index contributed by atoms with van der Waals surface area (Å²) in [6.07, 6.45) is -0.900. The van der Waals surface area contributed by atoms with Crippen molar-refractivity contribution in [2.75, 3.05) is 19.0 Å². The average Bonchev–Trinajstić information content (AvgIpc) is 2.47. The van der Waals surface area contributed by atoms with Crippen LogP contribution in [0.3, 0.4) is 0 Å². The molecule has 0 saturated carbocycles. The van der Waals surface area contributed by atoms with Crippen LogP contribution in [0.2, 0.25) is 0 Å². The van der Waals surface area contributed by atoms with E-state index < -0.39 is 17.7 Å². The normalized spacial score (nSPS) is 12.0. The number of aliphatic hydroxyl groups is 1. The van der Waals surface area contributed by atoms with Crippen molar-refractivity contribution in [3.8, 4) is 5.75 Å². The zero-order valence-electron chi connectivity index (χ0n) is 11.9. The summed E-state index contributed by atoms with van der Waals surface area (Å²) >= 11 is 0. The van der Waals surface area contributed by atoms with Gasteiger partial charge in [0.25, 0.3) is 0 Å². The van der Waals surface area contributed by atoms with E-state index in [2.05, 4.69) is 5.32 Å². The first kappa shape index (κ1) is 15.3. The summed E-state index contributed by atoms with van der Waals surface area (Å²) < 4.78 is 31.8. The predicted octanol–water partition coefficient (Wildman–Crippen LogP) is 3.43. The van der Waals surface area contributed by atoms with E-state index in [0.717, 1.165) is 23.8 Å². The lowest BCUT2D eigenvalue weighted by Gasteiger charge is -2.17. The summed E-state index contributed by atoms with van der Waals surface area (Å²) in [6.45, 7) is 1.94. The van der Waals surface area contributed by atoms with Crippen LogP contribution >= 0.6 is 0 Å². The van der Waals surface area contributed by atoms with Crippen molar-refractivity contribution >= 4 is 5.69 Å². The summed E-state index contributed by atoms with van der Waals surface area (Å²) in [4.78, 5) is 0. The van der Waals surface area contributed by atoms with Crippen LogP contribution in [0.25, 0.3) is 0 Å². The van der Waals surface area contributed by atoms with Gasteiger partial charge >= 0.3 is 0 Å². The van der Waals surface area contributed by atoms with Gasteiger partial charge in [0.2, 0.25) is 0 Å². The zero-order valence-corrected chi connectivity index (χ0v) is 11.9. The summed E-state index contributed by atoms with van der Waals surface area (Å²) in [5, 5.41) is 12.9. The summed E-state index contributed by atoms with van der Waals surface area (Å²) in [7, 11) is 1.51. The molecule has 2 N–H and O–H groups in total. The molecule has 0 aliphatic carbocycles. The van der Waals surface area contributed by atoms with Gasteiger partial charge in [0.05, 0.1) is 18.9 Å². The first-order valence-electron chi connectivity index (χ1n) is 6.53. The maximum atomic E-state index is 13.5. The van der Waals surface area contributed by atoms with Gasteiger partial charge in [-0.15, -0.1) is 0 Å². The van der Waals surface area contributed by atoms with E-state index in [1.165, 1.54) is 7.11 Å². The second kappa shape index (κ2) is 6.54. The molecule has 2 rings (SSSR count). The number of hydrogen-bond donors (Lipinski definition) is 2. The van der Waals surface area contributed by atoms with Crippen LogP contribution < -0.4 is 10.1 Å². The second-order valence-corrected chi connectivity index (χ2v) is 4.77. The van der Waals surface area contributed by atoms with Gasteiger partial charge in [0.1, 0.15) is 17.4 Å². The van der Waals surface area contributed by atoms with E-state index in [9.17, 15) is 13.9 Å². The number of aliphatic hydroxyl groups excluding tert-OH is 1. The van der Waals surface area contributed by atoms with Gasteiger partial charge in [0.15, 0.2) is 0 Å². The van der Waals surface area contributed by atoms with E-state index in [1.54, 1.807) is 12.1 Å². The number of anilines is 1. The summed E-state index contributed by atoms with van der Waals surface area (Å²) in [5.41, 5.74) is 1.59. The van der Waals surface area contributed by atoms with Gasteiger partial charge in [-0.2, -0.15) is 0 Å². The molecule has 2 aromatic rings. The number of ether oxygens (including phenoxy) is 1. The fourth-order valence-electron chi connectivity index (χ4n) is 2.06. The van der Waals surface area contributed by atoms with Crippen molar-refractivity contribution < 1.29 is 18.6 Å². The third-order valence-corrected chi connectivity index (χ3v) is 3.16. The van der Waals surface area contributed by atoms with E-state index >= 15 is 0 Å². The van der Waals surface area contributed by atoms with E-state index in [1.807, 2.05) is 13.0 Å². The summed E-state index contributed by atoms with van der Waals surface area (Å²) in [6, 6.07) is 8.56. The van der Waals surface area contributed by atoms with Crippen LogP contribution in [-0.4, -0.2) is 18.8 Å². The minimum absolute atomic E-state index is 0.0145. The molecular formula is C16H17F2NO2. The molecule has 1 atom stereocenters. The average molecular weight is 293 g/mol. The van der Waals surface area contributed by atoms with Crippen molar-refractivity contribution in [1.29, 1.82) is 0 Å². The van der Waals surface area contributed by atoms with Crippen molar-refractivity contribution in [1.82, 2.24) is 0 Å². The molecule has 1 unspecified atom stereocenters. The first-order chi connectivity index (χ1) is 10.0. The third-order valence-electron chi connectivity index (χ3n) is 3.16. The minimum atomic E-state index is -0.900. The van der Waals surface area contributed by atoms with Gasteiger partial charge in [-0.05, 0) is 37.3 Å². The smallest absolute Gasteiger partial charge is 0.146 e. The highest BCUT2D eigenvalue weighted by Crippen LogP contribution is 2.27. The summed E-state index contributed by atoms with van der Waals surface area (Å²) in [5.74, 6) is -0.559. The quantitative estimate of drug-likeness (QED) is 0.887. The maximum absolute atomic E-state index is 13.5. The molecule has 0 aliphatic rings. The molecule has 0 aliphatic heterocycles. The Labute approximate surface area is 122 Å². The standard InChI is InChI=1S/C16H17F2NO2/c1-10-3-6-16(21-2)12(7-10)15(20)9-19-14-8-11(17)4-5-13(14)18/h3-8,15,19-20H,9H2,1-2H3. The Morgan fingerprint density at radius 1 is 1.19 bits per heavy atom. The van der Waals surface area contributed by atoms with Crippen LogP contribution in [0.15, 0.2) is 36.4 Å². The van der Waals surface area contributed by atoms with Crippen LogP contribution in [0, 0.1) is 18.6 Å². The highest BCUT2D eigenvalue weighted by molar-refractivity contribution is 5.46. The molecule has 0 saturated heterocycles. The molecule has 0 spiro atoms. The predicted molar refractivity (Wildman–Crippen MR) is 77.5 cm³/mol. The molecule has 0 bridgehead atoms. The van der Waals surface area contributed by atoms with Gasteiger partial charge in [-0.1, -0.05) is 11.6 Å². The van der Waals surface area contributed by atoms with Crippen molar-refractivity contribution in [2.24, 2.45) is 0 Å². The second-order valence-electron chi connectivity index (χ2n) is 4.77. The number of benzene rings is 2. The Hall–Kier alpha value is -2.14. The number of aryl methyl sites for hydroxylation is 1. The van der Waals surface area contributed by atoms with Crippen LogP contribution in [0.4, 0.5) is 14.5 Å². The molecule has 0 aromatic heterocycles. The Balaban J connectivity index is 2.13. The highest BCUT2D eigenvalue weighted by Gasteiger charge is 2.14.